The smallest absolute Gasteiger partial charge is 0.226 e. The van der Waals surface area contributed by atoms with Crippen molar-refractivity contribution in [2.75, 3.05) is 26.0 Å². The fourth-order valence-corrected chi connectivity index (χ4v) is 1.08. The molecule has 0 aliphatic heterocycles. The lowest BCUT2D eigenvalue weighted by molar-refractivity contribution is -0.116. The third-order valence-electron chi connectivity index (χ3n) is 1.66. The van der Waals surface area contributed by atoms with E-state index in [-0.39, 0.29) is 11.1 Å². The highest BCUT2D eigenvalue weighted by Crippen LogP contribution is 2.06. The van der Waals surface area contributed by atoms with E-state index in [9.17, 15) is 4.79 Å². The molecule has 0 unspecified atom stereocenters. The minimum atomic E-state index is -0.0970. The zero-order chi connectivity index (χ0) is 11.3. The predicted molar refractivity (Wildman–Crippen MR) is 58.8 cm³/mol. The minimum Gasteiger partial charge on any atom is -0.309 e. The Morgan fingerprint density at radius 3 is 2.87 bits per heavy atom. The Morgan fingerprint density at radius 1 is 1.53 bits per heavy atom. The zero-order valence-corrected chi connectivity index (χ0v) is 9.45. The summed E-state index contributed by atoms with van der Waals surface area (Å²) in [7, 11) is 3.82. The van der Waals surface area contributed by atoms with Gasteiger partial charge in [-0.3, -0.25) is 9.78 Å². The van der Waals surface area contributed by atoms with Gasteiger partial charge >= 0.3 is 0 Å². The summed E-state index contributed by atoms with van der Waals surface area (Å²) < 4.78 is 0. The van der Waals surface area contributed by atoms with Crippen LogP contribution in [0.1, 0.15) is 6.42 Å². The van der Waals surface area contributed by atoms with E-state index in [0.717, 1.165) is 0 Å². The molecule has 82 valence electrons. The molecule has 1 rings (SSSR count). The fourth-order valence-electron chi connectivity index (χ4n) is 0.933. The van der Waals surface area contributed by atoms with E-state index in [4.69, 9.17) is 11.6 Å². The first kappa shape index (κ1) is 11.9. The molecule has 0 aliphatic carbocycles. The van der Waals surface area contributed by atoms with E-state index >= 15 is 0 Å². The molecule has 1 heterocycles. The van der Waals surface area contributed by atoms with Gasteiger partial charge in [0.2, 0.25) is 5.91 Å². The standard InChI is InChI=1S/C9H13ClN4O/c1-14(2)4-3-9(15)13-8-6-11-5-7(10)12-8/h5-6H,3-4H2,1-2H3,(H,12,13,15). The maximum Gasteiger partial charge on any atom is 0.226 e. The highest BCUT2D eigenvalue weighted by atomic mass is 35.5. The second-order valence-corrected chi connectivity index (χ2v) is 3.72. The van der Waals surface area contributed by atoms with E-state index in [2.05, 4.69) is 15.3 Å². The van der Waals surface area contributed by atoms with Crippen molar-refractivity contribution < 1.29 is 4.79 Å². The number of amides is 1. The molecule has 0 radical (unpaired) electrons. The van der Waals surface area contributed by atoms with Gasteiger partial charge < -0.3 is 10.2 Å². The second-order valence-electron chi connectivity index (χ2n) is 3.33. The molecule has 1 N–H and O–H groups in total. The molecule has 5 nitrogen and oxygen atoms in total. The molecule has 0 bridgehead atoms. The molecule has 0 atom stereocenters. The molecule has 0 aromatic carbocycles. The number of nitrogens with zero attached hydrogens (tertiary/aromatic N) is 3. The fraction of sp³-hybridized carbons (Fsp3) is 0.444. The third-order valence-corrected chi connectivity index (χ3v) is 1.84. The van der Waals surface area contributed by atoms with Crippen molar-refractivity contribution in [1.82, 2.24) is 14.9 Å². The lowest BCUT2D eigenvalue weighted by Gasteiger charge is -2.08. The number of hydrogen-bond donors (Lipinski definition) is 1. The number of aromatic nitrogens is 2. The molecule has 1 amide bonds. The first-order valence-corrected chi connectivity index (χ1v) is 4.88. The molecule has 0 fully saturated rings. The summed E-state index contributed by atoms with van der Waals surface area (Å²) in [4.78, 5) is 21.0. The monoisotopic (exact) mass is 228 g/mol. The number of rotatable bonds is 4. The quantitative estimate of drug-likeness (QED) is 0.836. The summed E-state index contributed by atoms with van der Waals surface area (Å²) in [5.74, 6) is 0.284. The number of halogens is 1. The summed E-state index contributed by atoms with van der Waals surface area (Å²) in [6.07, 6.45) is 3.29. The largest absolute Gasteiger partial charge is 0.309 e. The molecular formula is C9H13ClN4O. The SMILES string of the molecule is CN(C)CCC(=O)Nc1cncc(Cl)n1. The van der Waals surface area contributed by atoms with Gasteiger partial charge in [0.25, 0.3) is 0 Å². The van der Waals surface area contributed by atoms with E-state index in [1.807, 2.05) is 19.0 Å². The number of nitrogens with one attached hydrogen (secondary N) is 1. The number of hydrogen-bond acceptors (Lipinski definition) is 4. The van der Waals surface area contributed by atoms with Crippen molar-refractivity contribution in [1.29, 1.82) is 0 Å². The molecule has 0 saturated carbocycles. The van der Waals surface area contributed by atoms with E-state index < -0.39 is 0 Å². The van der Waals surface area contributed by atoms with Crippen LogP contribution < -0.4 is 5.32 Å². The van der Waals surface area contributed by atoms with Crippen LogP contribution in [-0.2, 0) is 4.79 Å². The summed E-state index contributed by atoms with van der Waals surface area (Å²) in [6, 6.07) is 0. The van der Waals surface area contributed by atoms with Crippen LogP contribution in [0.2, 0.25) is 5.15 Å². The topological polar surface area (TPSA) is 58.1 Å². The molecule has 0 saturated heterocycles. The molecule has 1 aromatic rings. The van der Waals surface area contributed by atoms with E-state index in [0.29, 0.717) is 18.8 Å². The first-order valence-electron chi connectivity index (χ1n) is 4.50. The van der Waals surface area contributed by atoms with Crippen molar-refractivity contribution in [2.45, 2.75) is 6.42 Å². The Morgan fingerprint density at radius 2 is 2.27 bits per heavy atom. The van der Waals surface area contributed by atoms with Crippen LogP contribution in [0.5, 0.6) is 0 Å². The van der Waals surface area contributed by atoms with E-state index in [1.165, 1.54) is 12.4 Å². The highest BCUT2D eigenvalue weighted by Gasteiger charge is 2.04. The Bertz CT molecular complexity index is 343. The van der Waals surface area contributed by atoms with Crippen LogP contribution in [0.15, 0.2) is 12.4 Å². The molecule has 0 aliphatic rings. The van der Waals surface area contributed by atoms with E-state index in [1.54, 1.807) is 0 Å². The summed E-state index contributed by atoms with van der Waals surface area (Å²) in [5.41, 5.74) is 0. The van der Waals surface area contributed by atoms with Gasteiger partial charge in [0.1, 0.15) is 5.15 Å². The lowest BCUT2D eigenvalue weighted by atomic mass is 10.4. The van der Waals surface area contributed by atoms with Gasteiger partial charge in [-0.1, -0.05) is 11.6 Å². The second kappa shape index (κ2) is 5.63. The summed E-state index contributed by atoms with van der Waals surface area (Å²) in [6.45, 7) is 0.694. The van der Waals surface area contributed by atoms with Crippen LogP contribution in [-0.4, -0.2) is 41.4 Å². The zero-order valence-electron chi connectivity index (χ0n) is 8.70. The van der Waals surface area contributed by atoms with Crippen molar-refractivity contribution in [3.8, 4) is 0 Å². The van der Waals surface area contributed by atoms with Gasteiger partial charge in [-0.05, 0) is 14.1 Å². The highest BCUT2D eigenvalue weighted by molar-refractivity contribution is 6.29. The van der Waals surface area contributed by atoms with Gasteiger partial charge in [0.05, 0.1) is 12.4 Å². The molecular weight excluding hydrogens is 216 g/mol. The normalized spacial score (nSPS) is 10.4. The van der Waals surface area contributed by atoms with Crippen molar-refractivity contribution in [3.05, 3.63) is 17.5 Å². The van der Waals surface area contributed by atoms with Crippen LogP contribution in [0.4, 0.5) is 5.82 Å². The molecule has 1 aromatic heterocycles. The number of carbonyl (C=O) groups is 1. The predicted octanol–water partition coefficient (Wildman–Crippen LogP) is 1.02. The van der Waals surface area contributed by atoms with Crippen molar-refractivity contribution in [3.63, 3.8) is 0 Å². The minimum absolute atomic E-state index is 0.0970. The van der Waals surface area contributed by atoms with Crippen LogP contribution in [0, 0.1) is 0 Å². The van der Waals surface area contributed by atoms with Crippen LogP contribution >= 0.6 is 11.6 Å². The average Bonchev–Trinajstić information content (AvgIpc) is 2.15. The number of carbonyl (C=O) groups excluding carboxylic acids is 1. The summed E-state index contributed by atoms with van der Waals surface area (Å²) in [5, 5.41) is 2.88. The Hall–Kier alpha value is -1.20. The average molecular weight is 229 g/mol. The maximum atomic E-state index is 11.4. The van der Waals surface area contributed by atoms with Gasteiger partial charge in [0.15, 0.2) is 5.82 Å². The molecule has 0 spiro atoms. The van der Waals surface area contributed by atoms with Gasteiger partial charge in [-0.2, -0.15) is 0 Å². The lowest BCUT2D eigenvalue weighted by Crippen LogP contribution is -2.21. The van der Waals surface area contributed by atoms with Crippen LogP contribution in [0.25, 0.3) is 0 Å². The Kier molecular flexibility index (Phi) is 4.45. The van der Waals surface area contributed by atoms with Crippen molar-refractivity contribution >= 4 is 23.3 Å². The maximum absolute atomic E-state index is 11.4. The van der Waals surface area contributed by atoms with Crippen molar-refractivity contribution in [2.24, 2.45) is 0 Å². The Balaban J connectivity index is 2.44. The number of anilines is 1. The van der Waals surface area contributed by atoms with Gasteiger partial charge in [-0.15, -0.1) is 0 Å². The van der Waals surface area contributed by atoms with Gasteiger partial charge in [-0.25, -0.2) is 4.98 Å². The van der Waals surface area contributed by atoms with Crippen LogP contribution in [0.3, 0.4) is 0 Å². The summed E-state index contributed by atoms with van der Waals surface area (Å²) >= 11 is 5.62. The molecule has 15 heavy (non-hydrogen) atoms. The third kappa shape index (κ3) is 4.71. The first-order chi connectivity index (χ1) is 7.08. The molecule has 6 heteroatoms. The Labute approximate surface area is 93.5 Å². The van der Waals surface area contributed by atoms with Gasteiger partial charge in [0, 0.05) is 13.0 Å².